The number of piperidine rings is 1. The Morgan fingerprint density at radius 1 is 1.41 bits per heavy atom. The standard InChI is InChI=1S/C13H17ClN2S/c14-12-5-3-10(4-6-12)8-16-7-1-2-11(9-16)13(15)17/h3-6,11H,1-2,7-9H2,(H2,15,17). The highest BCUT2D eigenvalue weighted by Crippen LogP contribution is 2.19. The van der Waals surface area contributed by atoms with Crippen LogP contribution >= 0.6 is 23.8 Å². The highest BCUT2D eigenvalue weighted by atomic mass is 35.5. The molecule has 0 radical (unpaired) electrons. The summed E-state index contributed by atoms with van der Waals surface area (Å²) in [6.45, 7) is 3.07. The maximum Gasteiger partial charge on any atom is 0.0771 e. The number of likely N-dealkylation sites (tertiary alicyclic amines) is 1. The zero-order valence-corrected chi connectivity index (χ0v) is 11.3. The minimum Gasteiger partial charge on any atom is -0.393 e. The number of nitrogens with two attached hydrogens (primary N) is 1. The van der Waals surface area contributed by atoms with Crippen molar-refractivity contribution < 1.29 is 0 Å². The van der Waals surface area contributed by atoms with Crippen molar-refractivity contribution in [2.75, 3.05) is 13.1 Å². The van der Waals surface area contributed by atoms with E-state index in [1.54, 1.807) is 0 Å². The number of hydrogen-bond acceptors (Lipinski definition) is 2. The Morgan fingerprint density at radius 2 is 2.12 bits per heavy atom. The third-order valence-electron chi connectivity index (χ3n) is 3.23. The summed E-state index contributed by atoms with van der Waals surface area (Å²) >= 11 is 11.0. The fourth-order valence-electron chi connectivity index (χ4n) is 2.28. The first-order valence-corrected chi connectivity index (χ1v) is 6.70. The van der Waals surface area contributed by atoms with Crippen LogP contribution in [-0.2, 0) is 6.54 Å². The number of thiocarbonyl (C=S) groups is 1. The molecule has 1 fully saturated rings. The summed E-state index contributed by atoms with van der Waals surface area (Å²) in [5.74, 6) is 0.381. The van der Waals surface area contributed by atoms with Gasteiger partial charge in [-0.1, -0.05) is 36.0 Å². The summed E-state index contributed by atoms with van der Waals surface area (Å²) in [6.07, 6.45) is 2.31. The Balaban J connectivity index is 1.94. The van der Waals surface area contributed by atoms with Gasteiger partial charge in [0.1, 0.15) is 0 Å². The van der Waals surface area contributed by atoms with Crippen LogP contribution in [-0.4, -0.2) is 23.0 Å². The molecule has 2 rings (SSSR count). The lowest BCUT2D eigenvalue weighted by atomic mass is 9.98. The van der Waals surface area contributed by atoms with Gasteiger partial charge in [0.25, 0.3) is 0 Å². The first kappa shape index (κ1) is 12.8. The van der Waals surface area contributed by atoms with E-state index in [-0.39, 0.29) is 0 Å². The number of nitrogens with zero attached hydrogens (tertiary/aromatic N) is 1. The molecule has 1 saturated heterocycles. The molecule has 1 aromatic carbocycles. The second-order valence-corrected chi connectivity index (χ2v) is 5.51. The van der Waals surface area contributed by atoms with Gasteiger partial charge in [0.15, 0.2) is 0 Å². The van der Waals surface area contributed by atoms with Gasteiger partial charge in [-0.05, 0) is 37.1 Å². The molecule has 1 heterocycles. The van der Waals surface area contributed by atoms with Gasteiger partial charge < -0.3 is 5.73 Å². The van der Waals surface area contributed by atoms with Gasteiger partial charge in [0.05, 0.1) is 4.99 Å². The van der Waals surface area contributed by atoms with Crippen molar-refractivity contribution in [1.82, 2.24) is 4.90 Å². The fraction of sp³-hybridized carbons (Fsp3) is 0.462. The summed E-state index contributed by atoms with van der Waals surface area (Å²) in [5, 5.41) is 0.786. The van der Waals surface area contributed by atoms with E-state index in [0.29, 0.717) is 10.9 Å². The predicted molar refractivity (Wildman–Crippen MR) is 76.2 cm³/mol. The lowest BCUT2D eigenvalue weighted by Crippen LogP contribution is -2.39. The van der Waals surface area contributed by atoms with Crippen molar-refractivity contribution in [3.63, 3.8) is 0 Å². The highest BCUT2D eigenvalue weighted by molar-refractivity contribution is 7.80. The summed E-state index contributed by atoms with van der Waals surface area (Å²) in [7, 11) is 0. The molecule has 0 bridgehead atoms. The maximum atomic E-state index is 5.87. The Hall–Kier alpha value is -0.640. The van der Waals surface area contributed by atoms with Crippen LogP contribution in [0.15, 0.2) is 24.3 Å². The molecule has 2 N–H and O–H groups in total. The summed E-state index contributed by atoms with van der Waals surface area (Å²) < 4.78 is 0. The van der Waals surface area contributed by atoms with E-state index in [2.05, 4.69) is 17.0 Å². The molecule has 1 aliphatic heterocycles. The van der Waals surface area contributed by atoms with Crippen LogP contribution < -0.4 is 5.73 Å². The van der Waals surface area contributed by atoms with E-state index in [1.807, 2.05) is 12.1 Å². The maximum absolute atomic E-state index is 5.87. The highest BCUT2D eigenvalue weighted by Gasteiger charge is 2.21. The van der Waals surface area contributed by atoms with Crippen LogP contribution in [0.25, 0.3) is 0 Å². The molecular formula is C13H17ClN2S. The quantitative estimate of drug-likeness (QED) is 0.855. The molecule has 0 saturated carbocycles. The predicted octanol–water partition coefficient (Wildman–Crippen LogP) is 2.84. The fourth-order valence-corrected chi connectivity index (χ4v) is 2.60. The van der Waals surface area contributed by atoms with E-state index < -0.39 is 0 Å². The number of hydrogen-bond donors (Lipinski definition) is 1. The van der Waals surface area contributed by atoms with Gasteiger partial charge in [-0.25, -0.2) is 0 Å². The molecule has 4 heteroatoms. The minimum atomic E-state index is 0.381. The third kappa shape index (κ3) is 3.66. The van der Waals surface area contributed by atoms with Crippen molar-refractivity contribution in [2.45, 2.75) is 19.4 Å². The van der Waals surface area contributed by atoms with Gasteiger partial charge in [0, 0.05) is 24.0 Å². The Morgan fingerprint density at radius 3 is 2.76 bits per heavy atom. The molecule has 1 atom stereocenters. The largest absolute Gasteiger partial charge is 0.393 e. The van der Waals surface area contributed by atoms with Gasteiger partial charge in [-0.15, -0.1) is 0 Å². The normalized spacial score (nSPS) is 21.4. The minimum absolute atomic E-state index is 0.381. The van der Waals surface area contributed by atoms with E-state index in [1.165, 1.54) is 12.0 Å². The van der Waals surface area contributed by atoms with Crippen LogP contribution in [0.2, 0.25) is 5.02 Å². The lowest BCUT2D eigenvalue weighted by molar-refractivity contribution is 0.197. The topological polar surface area (TPSA) is 29.3 Å². The van der Waals surface area contributed by atoms with E-state index >= 15 is 0 Å². The summed E-state index contributed by atoms with van der Waals surface area (Å²) in [5.41, 5.74) is 7.02. The second-order valence-electron chi connectivity index (χ2n) is 4.60. The SMILES string of the molecule is NC(=S)C1CCCN(Cc2ccc(Cl)cc2)C1. The molecule has 0 aliphatic carbocycles. The zero-order valence-electron chi connectivity index (χ0n) is 9.73. The zero-order chi connectivity index (χ0) is 12.3. The first-order valence-electron chi connectivity index (χ1n) is 5.91. The molecule has 1 aliphatic rings. The van der Waals surface area contributed by atoms with E-state index in [9.17, 15) is 0 Å². The average Bonchev–Trinajstić information content (AvgIpc) is 2.32. The first-order chi connectivity index (χ1) is 8.15. The van der Waals surface area contributed by atoms with Crippen LogP contribution in [0.3, 0.4) is 0 Å². The lowest BCUT2D eigenvalue weighted by Gasteiger charge is -2.32. The number of rotatable bonds is 3. The van der Waals surface area contributed by atoms with Crippen molar-refractivity contribution in [3.8, 4) is 0 Å². The van der Waals surface area contributed by atoms with Gasteiger partial charge in [-0.2, -0.15) is 0 Å². The molecular weight excluding hydrogens is 252 g/mol. The average molecular weight is 269 g/mol. The van der Waals surface area contributed by atoms with Crippen molar-refractivity contribution in [2.24, 2.45) is 11.7 Å². The molecule has 2 nitrogen and oxygen atoms in total. The van der Waals surface area contributed by atoms with Gasteiger partial charge >= 0.3 is 0 Å². The van der Waals surface area contributed by atoms with E-state index in [0.717, 1.165) is 31.1 Å². The molecule has 92 valence electrons. The molecule has 0 aromatic heterocycles. The van der Waals surface area contributed by atoms with Crippen molar-refractivity contribution in [3.05, 3.63) is 34.9 Å². The Kier molecular flexibility index (Phi) is 4.37. The van der Waals surface area contributed by atoms with Gasteiger partial charge in [-0.3, -0.25) is 4.90 Å². The van der Waals surface area contributed by atoms with Crippen molar-refractivity contribution >= 4 is 28.8 Å². The molecule has 0 spiro atoms. The number of benzene rings is 1. The van der Waals surface area contributed by atoms with Crippen LogP contribution in [0.4, 0.5) is 0 Å². The molecule has 17 heavy (non-hydrogen) atoms. The third-order valence-corrected chi connectivity index (χ3v) is 3.81. The molecule has 1 aromatic rings. The summed E-state index contributed by atoms with van der Waals surface area (Å²) in [6, 6.07) is 8.02. The van der Waals surface area contributed by atoms with Crippen molar-refractivity contribution in [1.29, 1.82) is 0 Å². The smallest absolute Gasteiger partial charge is 0.0771 e. The van der Waals surface area contributed by atoms with Gasteiger partial charge in [0.2, 0.25) is 0 Å². The van der Waals surface area contributed by atoms with E-state index in [4.69, 9.17) is 29.6 Å². The van der Waals surface area contributed by atoms with Crippen LogP contribution in [0.5, 0.6) is 0 Å². The Labute approximate surface area is 113 Å². The monoisotopic (exact) mass is 268 g/mol. The molecule has 0 amide bonds. The Bertz CT molecular complexity index is 391. The second kappa shape index (κ2) is 5.80. The number of halogens is 1. The van der Waals surface area contributed by atoms with Crippen LogP contribution in [0, 0.1) is 5.92 Å². The van der Waals surface area contributed by atoms with Crippen LogP contribution in [0.1, 0.15) is 18.4 Å². The molecule has 1 unspecified atom stereocenters. The summed E-state index contributed by atoms with van der Waals surface area (Å²) in [4.78, 5) is 3.07.